The number of hydrogen-bond acceptors (Lipinski definition) is 7. The molecule has 1 N–H and O–H groups in total. The maximum Gasteiger partial charge on any atom is 0.274 e. The van der Waals surface area contributed by atoms with Crippen LogP contribution in [0.15, 0.2) is 36.5 Å². The lowest BCUT2D eigenvalue weighted by Gasteiger charge is -2.37. The third-order valence-corrected chi connectivity index (χ3v) is 4.77. The minimum Gasteiger partial charge on any atom is -0.347 e. The molecular formula is C19H19N5O3. The maximum atomic E-state index is 12.5. The van der Waals surface area contributed by atoms with E-state index in [2.05, 4.69) is 15.3 Å². The number of carbonyl (C=O) groups excluding carboxylic acids is 1. The second-order valence-corrected chi connectivity index (χ2v) is 6.48. The lowest BCUT2D eigenvalue weighted by Crippen LogP contribution is -2.45. The number of hydrogen-bond donors (Lipinski definition) is 1. The molecule has 27 heavy (non-hydrogen) atoms. The lowest BCUT2D eigenvalue weighted by atomic mass is 10.0. The molecule has 1 aromatic heterocycles. The van der Waals surface area contributed by atoms with E-state index in [9.17, 15) is 4.79 Å². The third-order valence-electron chi connectivity index (χ3n) is 4.77. The van der Waals surface area contributed by atoms with Gasteiger partial charge < -0.3 is 19.7 Å². The summed E-state index contributed by atoms with van der Waals surface area (Å²) < 4.78 is 11.5. The van der Waals surface area contributed by atoms with Crippen molar-refractivity contribution in [3.8, 4) is 6.07 Å². The molecule has 2 aliphatic rings. The van der Waals surface area contributed by atoms with Gasteiger partial charge in [-0.1, -0.05) is 0 Å². The van der Waals surface area contributed by atoms with E-state index in [1.165, 1.54) is 0 Å². The number of nitrogens with zero attached hydrogens (tertiary/aromatic N) is 4. The van der Waals surface area contributed by atoms with Gasteiger partial charge >= 0.3 is 0 Å². The summed E-state index contributed by atoms with van der Waals surface area (Å²) in [4.78, 5) is 23.2. The summed E-state index contributed by atoms with van der Waals surface area (Å²) >= 11 is 0. The van der Waals surface area contributed by atoms with Gasteiger partial charge in [0, 0.05) is 37.8 Å². The summed E-state index contributed by atoms with van der Waals surface area (Å²) in [5.74, 6) is -0.254. The number of nitriles is 1. The van der Waals surface area contributed by atoms with Crippen LogP contribution in [0.5, 0.6) is 0 Å². The molecule has 8 nitrogen and oxygen atoms in total. The molecule has 1 spiro atoms. The van der Waals surface area contributed by atoms with Crippen molar-refractivity contribution in [1.82, 2.24) is 9.97 Å². The third kappa shape index (κ3) is 3.74. The predicted octanol–water partition coefficient (Wildman–Crippen LogP) is 1.94. The van der Waals surface area contributed by atoms with Gasteiger partial charge in [-0.25, -0.2) is 9.97 Å². The molecule has 0 radical (unpaired) electrons. The summed E-state index contributed by atoms with van der Waals surface area (Å²) in [6, 6.07) is 10.3. The number of piperidine rings is 1. The zero-order valence-corrected chi connectivity index (χ0v) is 14.7. The summed E-state index contributed by atoms with van der Waals surface area (Å²) in [5, 5.41) is 11.6. The number of benzene rings is 1. The molecule has 2 fully saturated rings. The summed E-state index contributed by atoms with van der Waals surface area (Å²) in [6.45, 7) is 2.70. The minimum absolute atomic E-state index is 0.290. The first-order valence-corrected chi connectivity index (χ1v) is 8.85. The van der Waals surface area contributed by atoms with Crippen molar-refractivity contribution in [1.29, 1.82) is 5.26 Å². The fourth-order valence-electron chi connectivity index (χ4n) is 3.28. The number of rotatable bonds is 3. The normalized spacial score (nSPS) is 18.3. The van der Waals surface area contributed by atoms with Crippen molar-refractivity contribution in [2.45, 2.75) is 18.6 Å². The topological polar surface area (TPSA) is 100 Å². The van der Waals surface area contributed by atoms with Crippen LogP contribution < -0.4 is 10.2 Å². The van der Waals surface area contributed by atoms with Gasteiger partial charge in [-0.05, 0) is 30.3 Å². The van der Waals surface area contributed by atoms with Gasteiger partial charge in [0.1, 0.15) is 5.69 Å². The highest BCUT2D eigenvalue weighted by Gasteiger charge is 2.40. The quantitative estimate of drug-likeness (QED) is 0.887. The first-order chi connectivity index (χ1) is 13.2. The van der Waals surface area contributed by atoms with Crippen LogP contribution in [-0.2, 0) is 9.47 Å². The SMILES string of the molecule is N#Cc1ccc(NC(=O)c2ccnc(N3CCC4(CC3)OCCO4)n2)cc1. The average Bonchev–Trinajstić information content (AvgIpc) is 3.17. The van der Waals surface area contributed by atoms with Crippen LogP contribution in [0.1, 0.15) is 28.9 Å². The molecule has 138 valence electrons. The smallest absolute Gasteiger partial charge is 0.274 e. The van der Waals surface area contributed by atoms with Gasteiger partial charge in [0.2, 0.25) is 5.95 Å². The number of anilines is 2. The molecule has 0 saturated carbocycles. The standard InChI is InChI=1S/C19H19N5O3/c20-13-14-1-3-15(4-2-14)22-17(25)16-5-8-21-18(23-16)24-9-6-19(7-10-24)26-11-12-27-19/h1-5,8H,6-7,9-12H2,(H,22,25). The molecule has 0 aliphatic carbocycles. The summed E-state index contributed by atoms with van der Waals surface area (Å²) in [5.41, 5.74) is 1.43. The largest absolute Gasteiger partial charge is 0.347 e. The second-order valence-electron chi connectivity index (χ2n) is 6.48. The maximum absolute atomic E-state index is 12.5. The van der Waals surface area contributed by atoms with Crippen LogP contribution in [-0.4, -0.2) is 48.0 Å². The van der Waals surface area contributed by atoms with Crippen molar-refractivity contribution < 1.29 is 14.3 Å². The monoisotopic (exact) mass is 365 g/mol. The average molecular weight is 365 g/mol. The first-order valence-electron chi connectivity index (χ1n) is 8.85. The van der Waals surface area contributed by atoms with E-state index < -0.39 is 5.79 Å². The molecule has 3 heterocycles. The minimum atomic E-state index is -0.457. The van der Waals surface area contributed by atoms with Gasteiger partial charge in [-0.3, -0.25) is 4.79 Å². The van der Waals surface area contributed by atoms with Crippen molar-refractivity contribution in [2.24, 2.45) is 0 Å². The number of ether oxygens (including phenoxy) is 2. The second kappa shape index (κ2) is 7.31. The Morgan fingerprint density at radius 3 is 2.52 bits per heavy atom. The van der Waals surface area contributed by atoms with Crippen LogP contribution in [0.4, 0.5) is 11.6 Å². The Labute approximate surface area is 156 Å². The number of carbonyl (C=O) groups is 1. The van der Waals surface area contributed by atoms with E-state index >= 15 is 0 Å². The highest BCUT2D eigenvalue weighted by molar-refractivity contribution is 6.03. The fraction of sp³-hybridized carbons (Fsp3) is 0.368. The van der Waals surface area contributed by atoms with E-state index in [4.69, 9.17) is 14.7 Å². The predicted molar refractivity (Wildman–Crippen MR) is 97.2 cm³/mol. The van der Waals surface area contributed by atoms with Gasteiger partial charge in [-0.2, -0.15) is 5.26 Å². The molecule has 2 aromatic rings. The van der Waals surface area contributed by atoms with Gasteiger partial charge in [0.25, 0.3) is 5.91 Å². The van der Waals surface area contributed by atoms with Crippen molar-refractivity contribution in [3.63, 3.8) is 0 Å². The summed E-state index contributed by atoms with van der Waals surface area (Å²) in [6.07, 6.45) is 3.08. The van der Waals surface area contributed by atoms with E-state index in [1.54, 1.807) is 36.5 Å². The van der Waals surface area contributed by atoms with E-state index in [0.717, 1.165) is 12.8 Å². The Hall–Kier alpha value is -3.02. The molecule has 0 unspecified atom stereocenters. The van der Waals surface area contributed by atoms with E-state index in [1.807, 2.05) is 11.0 Å². The molecule has 0 atom stereocenters. The van der Waals surface area contributed by atoms with Crippen LogP contribution in [0.25, 0.3) is 0 Å². The van der Waals surface area contributed by atoms with Crippen LogP contribution in [0.3, 0.4) is 0 Å². The fourth-order valence-corrected chi connectivity index (χ4v) is 3.28. The van der Waals surface area contributed by atoms with E-state index in [0.29, 0.717) is 43.5 Å². The summed E-state index contributed by atoms with van der Waals surface area (Å²) in [7, 11) is 0. The Morgan fingerprint density at radius 1 is 1.15 bits per heavy atom. The van der Waals surface area contributed by atoms with Gasteiger partial charge in [-0.15, -0.1) is 0 Å². The molecular weight excluding hydrogens is 346 g/mol. The van der Waals surface area contributed by atoms with Gasteiger partial charge in [0.15, 0.2) is 5.79 Å². The Bertz CT molecular complexity index is 862. The number of aromatic nitrogens is 2. The van der Waals surface area contributed by atoms with Crippen molar-refractivity contribution in [3.05, 3.63) is 47.8 Å². The highest BCUT2D eigenvalue weighted by atomic mass is 16.7. The van der Waals surface area contributed by atoms with Crippen LogP contribution >= 0.6 is 0 Å². The molecule has 2 aliphatic heterocycles. The molecule has 2 saturated heterocycles. The zero-order valence-electron chi connectivity index (χ0n) is 14.7. The van der Waals surface area contributed by atoms with Crippen molar-refractivity contribution >= 4 is 17.5 Å². The Balaban J connectivity index is 1.42. The Morgan fingerprint density at radius 2 is 1.85 bits per heavy atom. The van der Waals surface area contributed by atoms with Gasteiger partial charge in [0.05, 0.1) is 24.8 Å². The van der Waals surface area contributed by atoms with Crippen LogP contribution in [0, 0.1) is 11.3 Å². The molecule has 8 heteroatoms. The molecule has 1 amide bonds. The van der Waals surface area contributed by atoms with Crippen LogP contribution in [0.2, 0.25) is 0 Å². The van der Waals surface area contributed by atoms with Crippen molar-refractivity contribution in [2.75, 3.05) is 36.5 Å². The zero-order chi connectivity index (χ0) is 18.7. The molecule has 0 bridgehead atoms. The highest BCUT2D eigenvalue weighted by Crippen LogP contribution is 2.32. The first kappa shape index (κ1) is 17.4. The Kier molecular flexibility index (Phi) is 4.71. The molecule has 1 aromatic carbocycles. The lowest BCUT2D eigenvalue weighted by molar-refractivity contribution is -0.169. The number of amides is 1. The van der Waals surface area contributed by atoms with E-state index in [-0.39, 0.29) is 11.6 Å². The number of nitrogens with one attached hydrogen (secondary N) is 1. The molecule has 4 rings (SSSR count).